The van der Waals surface area contributed by atoms with Gasteiger partial charge in [0.15, 0.2) is 0 Å². The number of hydrogen-bond acceptors (Lipinski definition) is 0. The van der Waals surface area contributed by atoms with Crippen molar-refractivity contribution in [1.82, 2.24) is 0 Å². The Labute approximate surface area is 135 Å². The fourth-order valence-corrected chi connectivity index (χ4v) is 8.07. The van der Waals surface area contributed by atoms with E-state index < -0.39 is 7.26 Å². The number of hydrogen-bond donors (Lipinski definition) is 0. The van der Waals surface area contributed by atoms with Crippen molar-refractivity contribution >= 4 is 7.26 Å². The molecule has 0 heterocycles. The average Bonchev–Trinajstić information content (AvgIpc) is 2.57. The maximum atomic E-state index is 2.47. The Balaban J connectivity index is 0.000000547. The smallest absolute Gasteiger partial charge is 0.0623 e. The number of unbranched alkanes of at least 4 members (excludes halogenated alkanes) is 3. The molecule has 0 N–H and O–H groups in total. The number of benzene rings is 1. The summed E-state index contributed by atoms with van der Waals surface area (Å²) in [5.41, 5.74) is 0. The van der Waals surface area contributed by atoms with Gasteiger partial charge in [0.05, 0.1) is 0 Å². The quantitative estimate of drug-likeness (QED) is 0.415. The molecular weight excluding hydrogens is 271 g/mol. The second kappa shape index (κ2) is 14.6. The van der Waals surface area contributed by atoms with Gasteiger partial charge in [-0.05, 0) is 0 Å². The molecule has 21 heavy (non-hydrogen) atoms. The minimum atomic E-state index is -0.832. The van der Waals surface area contributed by atoms with E-state index in [9.17, 15) is 0 Å². The van der Waals surface area contributed by atoms with Crippen LogP contribution in [0.4, 0.5) is 0 Å². The Morgan fingerprint density at radius 2 is 0.810 bits per heavy atom. The van der Waals surface area contributed by atoms with Gasteiger partial charge in [-0.25, -0.2) is 0 Å². The molecule has 0 fully saturated rings. The maximum Gasteiger partial charge on any atom is -0.0623 e. The summed E-state index contributed by atoms with van der Waals surface area (Å²) in [5, 5.41) is 0. The molecule has 1 aromatic carbocycles. The van der Waals surface area contributed by atoms with Crippen molar-refractivity contribution in [2.24, 2.45) is 0 Å². The first-order valence-electron chi connectivity index (χ1n) is 9.24. The summed E-state index contributed by atoms with van der Waals surface area (Å²) in [7, 11) is -0.832. The SMILES string of the molecule is CCCC[PH](CC)(CCCC)CCCC.c1ccccc1. The predicted octanol–water partition coefficient (Wildman–Crippen LogP) is 6.84. The minimum absolute atomic E-state index is 0.832. The molecule has 0 saturated heterocycles. The molecule has 0 bridgehead atoms. The van der Waals surface area contributed by atoms with Crippen LogP contribution in [0.2, 0.25) is 0 Å². The van der Waals surface area contributed by atoms with Crippen LogP contribution in [0.3, 0.4) is 0 Å². The van der Waals surface area contributed by atoms with E-state index in [0.29, 0.717) is 0 Å². The standard InChI is InChI=1S/C14H33P.C6H6/c1-5-9-12-15(8-4,13-10-6-2)14-11-7-3;1-2-4-6-5-3-1/h15H,5-14H2,1-4H3;1-6H. The molecule has 0 aromatic heterocycles. The van der Waals surface area contributed by atoms with Crippen molar-refractivity contribution in [3.63, 3.8) is 0 Å². The molecular formula is C20H39P. The Morgan fingerprint density at radius 1 is 0.524 bits per heavy atom. The van der Waals surface area contributed by atoms with Gasteiger partial charge in [-0.15, -0.1) is 0 Å². The molecule has 124 valence electrons. The summed E-state index contributed by atoms with van der Waals surface area (Å²) in [6.07, 6.45) is 15.0. The Kier molecular flexibility index (Phi) is 14.3. The third-order valence-corrected chi connectivity index (χ3v) is 10.3. The third-order valence-electron chi connectivity index (χ3n) is 4.60. The van der Waals surface area contributed by atoms with Crippen molar-refractivity contribution in [3.8, 4) is 0 Å². The van der Waals surface area contributed by atoms with E-state index in [2.05, 4.69) is 27.7 Å². The van der Waals surface area contributed by atoms with E-state index in [0.717, 1.165) is 0 Å². The molecule has 0 nitrogen and oxygen atoms in total. The van der Waals surface area contributed by atoms with Gasteiger partial charge >= 0.3 is 98.1 Å². The Bertz CT molecular complexity index is 245. The Hall–Kier alpha value is -0.350. The van der Waals surface area contributed by atoms with Crippen molar-refractivity contribution in [1.29, 1.82) is 0 Å². The average molecular weight is 311 g/mol. The van der Waals surface area contributed by atoms with Crippen LogP contribution < -0.4 is 0 Å². The Morgan fingerprint density at radius 3 is 1.00 bits per heavy atom. The topological polar surface area (TPSA) is 0 Å². The summed E-state index contributed by atoms with van der Waals surface area (Å²) in [6, 6.07) is 12.0. The largest absolute Gasteiger partial charge is 0.0623 e. The zero-order chi connectivity index (χ0) is 15.8. The summed E-state index contributed by atoms with van der Waals surface area (Å²) in [4.78, 5) is 0. The minimum Gasteiger partial charge on any atom is -0.0623 e. The van der Waals surface area contributed by atoms with Gasteiger partial charge in [0.25, 0.3) is 0 Å². The molecule has 0 aliphatic heterocycles. The molecule has 0 aliphatic carbocycles. The van der Waals surface area contributed by atoms with E-state index in [1.165, 1.54) is 44.7 Å². The first-order chi connectivity index (χ1) is 10.2. The van der Waals surface area contributed by atoms with Crippen molar-refractivity contribution in [2.75, 3.05) is 24.6 Å². The molecule has 0 unspecified atom stereocenters. The fourth-order valence-electron chi connectivity index (χ4n) is 2.95. The van der Waals surface area contributed by atoms with Gasteiger partial charge in [0.1, 0.15) is 0 Å². The van der Waals surface area contributed by atoms with Crippen LogP contribution in [0.5, 0.6) is 0 Å². The van der Waals surface area contributed by atoms with Crippen LogP contribution in [0.1, 0.15) is 66.2 Å². The monoisotopic (exact) mass is 310 g/mol. The van der Waals surface area contributed by atoms with Crippen LogP contribution >= 0.6 is 7.26 Å². The third kappa shape index (κ3) is 10.9. The van der Waals surface area contributed by atoms with Crippen molar-refractivity contribution in [3.05, 3.63) is 36.4 Å². The molecule has 1 aromatic rings. The van der Waals surface area contributed by atoms with Crippen LogP contribution in [0.25, 0.3) is 0 Å². The van der Waals surface area contributed by atoms with E-state index in [1.54, 1.807) is 18.5 Å². The van der Waals surface area contributed by atoms with Gasteiger partial charge in [0.2, 0.25) is 0 Å². The molecule has 0 amide bonds. The van der Waals surface area contributed by atoms with Gasteiger partial charge < -0.3 is 0 Å². The first kappa shape index (κ1) is 20.6. The second-order valence-corrected chi connectivity index (χ2v) is 11.5. The van der Waals surface area contributed by atoms with Gasteiger partial charge in [-0.3, -0.25) is 0 Å². The first-order valence-corrected chi connectivity index (χ1v) is 12.1. The molecule has 0 radical (unpaired) electrons. The van der Waals surface area contributed by atoms with Gasteiger partial charge in [0, 0.05) is 0 Å². The van der Waals surface area contributed by atoms with E-state index in [1.807, 2.05) is 36.4 Å². The maximum absolute atomic E-state index is 2.47. The van der Waals surface area contributed by atoms with Gasteiger partial charge in [-0.2, -0.15) is 0 Å². The summed E-state index contributed by atoms with van der Waals surface area (Å²) < 4.78 is 0. The van der Waals surface area contributed by atoms with Gasteiger partial charge in [-0.1, -0.05) is 36.4 Å². The van der Waals surface area contributed by atoms with Crippen LogP contribution in [0, 0.1) is 0 Å². The van der Waals surface area contributed by atoms with Crippen LogP contribution in [-0.4, -0.2) is 24.6 Å². The normalized spacial score (nSPS) is 11.6. The molecule has 0 aliphatic rings. The zero-order valence-corrected chi connectivity index (χ0v) is 16.0. The molecule has 0 saturated carbocycles. The van der Waals surface area contributed by atoms with Crippen LogP contribution in [-0.2, 0) is 0 Å². The van der Waals surface area contributed by atoms with Crippen molar-refractivity contribution in [2.45, 2.75) is 66.2 Å². The zero-order valence-electron chi connectivity index (χ0n) is 15.0. The summed E-state index contributed by atoms with van der Waals surface area (Å²) in [6.45, 7) is 9.49. The van der Waals surface area contributed by atoms with E-state index in [4.69, 9.17) is 0 Å². The molecule has 0 atom stereocenters. The van der Waals surface area contributed by atoms with Crippen molar-refractivity contribution < 1.29 is 0 Å². The number of rotatable bonds is 10. The molecule has 1 heteroatoms. The van der Waals surface area contributed by atoms with E-state index >= 15 is 0 Å². The van der Waals surface area contributed by atoms with Crippen LogP contribution in [0.15, 0.2) is 36.4 Å². The fraction of sp³-hybridized carbons (Fsp3) is 0.700. The van der Waals surface area contributed by atoms with E-state index in [-0.39, 0.29) is 0 Å². The molecule has 0 spiro atoms. The second-order valence-electron chi connectivity index (χ2n) is 6.32. The molecule has 1 rings (SSSR count). The predicted molar refractivity (Wildman–Crippen MR) is 105 cm³/mol. The summed E-state index contributed by atoms with van der Waals surface area (Å²) >= 11 is 0. The summed E-state index contributed by atoms with van der Waals surface area (Å²) in [5.74, 6) is 0.